The van der Waals surface area contributed by atoms with Gasteiger partial charge in [0.2, 0.25) is 5.91 Å². The lowest BCUT2D eigenvalue weighted by atomic mass is 10.0. The van der Waals surface area contributed by atoms with Crippen molar-refractivity contribution in [2.24, 2.45) is 0 Å². The Morgan fingerprint density at radius 1 is 1.35 bits per heavy atom. The Bertz CT molecular complexity index is 623. The van der Waals surface area contributed by atoms with Crippen LogP contribution in [0.1, 0.15) is 36.6 Å². The highest BCUT2D eigenvalue weighted by Crippen LogP contribution is 2.20. The van der Waals surface area contributed by atoms with Crippen LogP contribution in [0.2, 0.25) is 0 Å². The van der Waals surface area contributed by atoms with E-state index in [9.17, 15) is 4.79 Å². The van der Waals surface area contributed by atoms with Gasteiger partial charge in [-0.15, -0.1) is 0 Å². The molecule has 0 saturated carbocycles. The van der Waals surface area contributed by atoms with Crippen molar-refractivity contribution in [1.82, 2.24) is 15.1 Å². The molecule has 0 bridgehead atoms. The highest BCUT2D eigenvalue weighted by molar-refractivity contribution is 5.75. The number of amides is 1. The second-order valence-electron chi connectivity index (χ2n) is 5.72. The molecular weight excluding hydrogens is 290 g/mol. The molecule has 0 fully saturated rings. The molecule has 2 aromatic rings. The first kappa shape index (κ1) is 17.1. The van der Waals surface area contributed by atoms with E-state index in [0.29, 0.717) is 19.6 Å². The Kier molecular flexibility index (Phi) is 6.20. The number of aromatic nitrogens is 2. The summed E-state index contributed by atoms with van der Waals surface area (Å²) in [6.45, 7) is 5.29. The molecule has 0 aliphatic carbocycles. The SMILES string of the molecule is CCOc1ccc(CCCC(=O)N(C)Cc2ccn[nH]2)cc1C. The fourth-order valence-electron chi connectivity index (χ4n) is 2.54. The minimum atomic E-state index is 0.155. The zero-order valence-corrected chi connectivity index (χ0v) is 14.1. The van der Waals surface area contributed by atoms with Gasteiger partial charge in [-0.3, -0.25) is 9.89 Å². The number of hydrogen-bond acceptors (Lipinski definition) is 3. The van der Waals surface area contributed by atoms with Gasteiger partial charge in [-0.05, 0) is 49.9 Å². The molecule has 1 aromatic carbocycles. The van der Waals surface area contributed by atoms with Crippen molar-refractivity contribution in [3.05, 3.63) is 47.3 Å². The van der Waals surface area contributed by atoms with Crippen molar-refractivity contribution < 1.29 is 9.53 Å². The van der Waals surface area contributed by atoms with Gasteiger partial charge in [0.15, 0.2) is 0 Å². The first-order valence-corrected chi connectivity index (χ1v) is 8.04. The van der Waals surface area contributed by atoms with Crippen LogP contribution in [0, 0.1) is 6.92 Å². The van der Waals surface area contributed by atoms with Crippen molar-refractivity contribution in [3.63, 3.8) is 0 Å². The van der Waals surface area contributed by atoms with E-state index in [1.54, 1.807) is 11.1 Å². The standard InChI is InChI=1S/C18H25N3O2/c1-4-23-17-9-8-15(12-14(17)2)6-5-7-18(22)21(3)13-16-10-11-19-20-16/h8-12H,4-7,13H2,1-3H3,(H,19,20). The van der Waals surface area contributed by atoms with E-state index in [-0.39, 0.29) is 5.91 Å². The highest BCUT2D eigenvalue weighted by atomic mass is 16.5. The normalized spacial score (nSPS) is 10.6. The molecule has 2 rings (SSSR count). The van der Waals surface area contributed by atoms with Crippen molar-refractivity contribution in [2.45, 2.75) is 39.7 Å². The molecule has 0 radical (unpaired) electrons. The number of ether oxygens (including phenoxy) is 1. The Hall–Kier alpha value is -2.30. The van der Waals surface area contributed by atoms with Crippen LogP contribution in [0.25, 0.3) is 0 Å². The van der Waals surface area contributed by atoms with Gasteiger partial charge < -0.3 is 9.64 Å². The van der Waals surface area contributed by atoms with E-state index in [0.717, 1.165) is 29.8 Å². The smallest absolute Gasteiger partial charge is 0.222 e. The number of nitrogens with zero attached hydrogens (tertiary/aromatic N) is 2. The molecule has 0 saturated heterocycles. The van der Waals surface area contributed by atoms with Crippen LogP contribution in [-0.2, 0) is 17.8 Å². The second kappa shape index (κ2) is 8.36. The van der Waals surface area contributed by atoms with Crippen LogP contribution < -0.4 is 4.74 Å². The van der Waals surface area contributed by atoms with Crippen LogP contribution >= 0.6 is 0 Å². The molecule has 23 heavy (non-hydrogen) atoms. The number of carbonyl (C=O) groups is 1. The third kappa shape index (κ3) is 5.13. The maximum absolute atomic E-state index is 12.1. The van der Waals surface area contributed by atoms with E-state index >= 15 is 0 Å². The van der Waals surface area contributed by atoms with Gasteiger partial charge in [-0.25, -0.2) is 0 Å². The average molecular weight is 315 g/mol. The summed E-state index contributed by atoms with van der Waals surface area (Å²) in [6, 6.07) is 8.12. The molecule has 0 aliphatic heterocycles. The predicted molar refractivity (Wildman–Crippen MR) is 90.3 cm³/mol. The van der Waals surface area contributed by atoms with Gasteiger partial charge >= 0.3 is 0 Å². The third-order valence-corrected chi connectivity index (χ3v) is 3.79. The van der Waals surface area contributed by atoms with Crippen LogP contribution in [0.3, 0.4) is 0 Å². The molecule has 1 heterocycles. The van der Waals surface area contributed by atoms with E-state index in [1.807, 2.05) is 26.1 Å². The second-order valence-corrected chi connectivity index (χ2v) is 5.72. The number of aromatic amines is 1. The number of carbonyl (C=O) groups excluding carboxylic acids is 1. The van der Waals surface area contributed by atoms with Gasteiger partial charge in [0.25, 0.3) is 0 Å². The molecule has 0 aliphatic rings. The Morgan fingerprint density at radius 3 is 2.83 bits per heavy atom. The van der Waals surface area contributed by atoms with Crippen LogP contribution in [-0.4, -0.2) is 34.7 Å². The summed E-state index contributed by atoms with van der Waals surface area (Å²) < 4.78 is 5.55. The molecule has 0 unspecified atom stereocenters. The summed E-state index contributed by atoms with van der Waals surface area (Å²) in [6.07, 6.45) is 4.00. The Balaban J connectivity index is 1.77. The molecule has 1 N–H and O–H groups in total. The maximum atomic E-state index is 12.1. The van der Waals surface area contributed by atoms with Crippen LogP contribution in [0.5, 0.6) is 5.75 Å². The fraction of sp³-hybridized carbons (Fsp3) is 0.444. The van der Waals surface area contributed by atoms with Crippen molar-refractivity contribution in [3.8, 4) is 5.75 Å². The number of H-pyrrole nitrogens is 1. The van der Waals surface area contributed by atoms with E-state index < -0.39 is 0 Å². The van der Waals surface area contributed by atoms with Gasteiger partial charge in [-0.1, -0.05) is 12.1 Å². The summed E-state index contributed by atoms with van der Waals surface area (Å²) in [5, 5.41) is 6.76. The molecule has 124 valence electrons. The van der Waals surface area contributed by atoms with E-state index in [4.69, 9.17) is 4.74 Å². The summed E-state index contributed by atoms with van der Waals surface area (Å²) in [5.41, 5.74) is 3.34. The lowest BCUT2D eigenvalue weighted by Crippen LogP contribution is -2.26. The van der Waals surface area contributed by atoms with Gasteiger partial charge in [0.1, 0.15) is 5.75 Å². The Morgan fingerprint density at radius 2 is 2.17 bits per heavy atom. The van der Waals surface area contributed by atoms with Gasteiger partial charge in [0.05, 0.1) is 18.8 Å². The van der Waals surface area contributed by atoms with Gasteiger partial charge in [0, 0.05) is 19.7 Å². The quantitative estimate of drug-likeness (QED) is 0.814. The topological polar surface area (TPSA) is 58.2 Å². The molecule has 5 nitrogen and oxygen atoms in total. The largest absolute Gasteiger partial charge is 0.494 e. The zero-order chi connectivity index (χ0) is 16.7. The summed E-state index contributed by atoms with van der Waals surface area (Å²) in [4.78, 5) is 13.9. The summed E-state index contributed by atoms with van der Waals surface area (Å²) in [5.74, 6) is 1.09. The monoisotopic (exact) mass is 315 g/mol. The Labute approximate surface area is 137 Å². The first-order chi connectivity index (χ1) is 11.1. The third-order valence-electron chi connectivity index (χ3n) is 3.79. The average Bonchev–Trinajstić information content (AvgIpc) is 3.03. The van der Waals surface area contributed by atoms with Crippen molar-refractivity contribution in [1.29, 1.82) is 0 Å². The lowest BCUT2D eigenvalue weighted by molar-refractivity contribution is -0.130. The number of rotatable bonds is 8. The number of nitrogens with one attached hydrogen (secondary N) is 1. The zero-order valence-electron chi connectivity index (χ0n) is 14.1. The molecular formula is C18H25N3O2. The molecule has 5 heteroatoms. The highest BCUT2D eigenvalue weighted by Gasteiger charge is 2.10. The molecule has 0 spiro atoms. The minimum Gasteiger partial charge on any atom is -0.494 e. The van der Waals surface area contributed by atoms with Crippen molar-refractivity contribution in [2.75, 3.05) is 13.7 Å². The van der Waals surface area contributed by atoms with Crippen LogP contribution in [0.4, 0.5) is 0 Å². The van der Waals surface area contributed by atoms with Gasteiger partial charge in [-0.2, -0.15) is 5.10 Å². The molecule has 1 aromatic heterocycles. The number of aryl methyl sites for hydroxylation is 2. The number of hydrogen-bond donors (Lipinski definition) is 1. The van der Waals surface area contributed by atoms with Crippen molar-refractivity contribution >= 4 is 5.91 Å². The molecule has 0 atom stereocenters. The molecule has 1 amide bonds. The minimum absolute atomic E-state index is 0.155. The van der Waals surface area contributed by atoms with E-state index in [1.165, 1.54) is 5.56 Å². The fourth-order valence-corrected chi connectivity index (χ4v) is 2.54. The van der Waals surface area contributed by atoms with E-state index in [2.05, 4.69) is 29.3 Å². The number of benzene rings is 1. The maximum Gasteiger partial charge on any atom is 0.222 e. The lowest BCUT2D eigenvalue weighted by Gasteiger charge is -2.16. The first-order valence-electron chi connectivity index (χ1n) is 8.04. The summed E-state index contributed by atoms with van der Waals surface area (Å²) in [7, 11) is 1.82. The summed E-state index contributed by atoms with van der Waals surface area (Å²) >= 11 is 0. The van der Waals surface area contributed by atoms with Crippen LogP contribution in [0.15, 0.2) is 30.5 Å². The predicted octanol–water partition coefficient (Wildman–Crippen LogP) is 3.10.